The summed E-state index contributed by atoms with van der Waals surface area (Å²) in [5.41, 5.74) is 4.93. The first-order valence-electron chi connectivity index (χ1n) is 5.96. The predicted octanol–water partition coefficient (Wildman–Crippen LogP) is 0.734. The van der Waals surface area contributed by atoms with E-state index in [9.17, 15) is 14.4 Å². The molecule has 0 unspecified atom stereocenters. The second kappa shape index (κ2) is 7.68. The van der Waals surface area contributed by atoms with Crippen molar-refractivity contribution in [1.82, 2.24) is 0 Å². The van der Waals surface area contributed by atoms with E-state index in [1.807, 2.05) is 0 Å². The van der Waals surface area contributed by atoms with Crippen LogP contribution in [0.1, 0.15) is 33.6 Å². The van der Waals surface area contributed by atoms with Crippen molar-refractivity contribution in [2.24, 2.45) is 5.73 Å². The molecule has 0 radical (unpaired) electrons. The van der Waals surface area contributed by atoms with Gasteiger partial charge in [-0.1, -0.05) is 12.7 Å². The van der Waals surface area contributed by atoms with Crippen molar-refractivity contribution in [3.8, 4) is 0 Å². The van der Waals surface area contributed by atoms with Gasteiger partial charge in [0, 0.05) is 6.42 Å². The molecule has 6 heteroatoms. The Bertz CT molecular complexity index is 357. The van der Waals surface area contributed by atoms with Crippen LogP contribution in [0.4, 0.5) is 0 Å². The molecule has 0 rings (SSSR count). The average Bonchev–Trinajstić information content (AvgIpc) is 2.29. The number of rotatable bonds is 7. The number of carbonyl (C=O) groups excluding carboxylic acids is 3. The van der Waals surface area contributed by atoms with Crippen molar-refractivity contribution in [2.75, 3.05) is 6.61 Å². The molecule has 0 bridgehead atoms. The summed E-state index contributed by atoms with van der Waals surface area (Å²) in [5, 5.41) is 0. The van der Waals surface area contributed by atoms with Crippen molar-refractivity contribution in [1.29, 1.82) is 0 Å². The van der Waals surface area contributed by atoms with Crippen LogP contribution in [-0.4, -0.2) is 36.0 Å². The minimum absolute atomic E-state index is 0.0289. The normalized spacial score (nSPS) is 12.4. The van der Waals surface area contributed by atoms with Crippen LogP contribution in [0, 0.1) is 0 Å². The zero-order valence-corrected chi connectivity index (χ0v) is 11.6. The maximum atomic E-state index is 11.5. The summed E-state index contributed by atoms with van der Waals surface area (Å²) >= 11 is 0. The van der Waals surface area contributed by atoms with E-state index in [2.05, 4.69) is 11.3 Å². The first-order valence-corrected chi connectivity index (χ1v) is 5.96. The van der Waals surface area contributed by atoms with Crippen molar-refractivity contribution in [3.63, 3.8) is 0 Å². The lowest BCUT2D eigenvalue weighted by Gasteiger charge is -2.19. The van der Waals surface area contributed by atoms with Crippen molar-refractivity contribution < 1.29 is 23.9 Å². The highest BCUT2D eigenvalue weighted by molar-refractivity contribution is 6.35. The monoisotopic (exact) mass is 271 g/mol. The molecule has 0 saturated carbocycles. The van der Waals surface area contributed by atoms with Crippen molar-refractivity contribution >= 4 is 17.7 Å². The first kappa shape index (κ1) is 17.3. The molecule has 0 heterocycles. The van der Waals surface area contributed by atoms with Gasteiger partial charge in [-0.25, -0.2) is 4.79 Å². The zero-order chi connectivity index (χ0) is 15.1. The Labute approximate surface area is 112 Å². The molecule has 0 fully saturated rings. The van der Waals surface area contributed by atoms with Crippen LogP contribution < -0.4 is 5.73 Å². The fourth-order valence-corrected chi connectivity index (χ4v) is 1.15. The number of carbonyl (C=O) groups is 3. The lowest BCUT2D eigenvalue weighted by molar-refractivity contribution is -0.156. The lowest BCUT2D eigenvalue weighted by Crippen LogP contribution is -2.38. The number of Topliss-reactive ketones (excluding diaryl/α,β-unsaturated/α-hetero) is 1. The molecular weight excluding hydrogens is 250 g/mol. The predicted molar refractivity (Wildman–Crippen MR) is 69.2 cm³/mol. The zero-order valence-electron chi connectivity index (χ0n) is 11.6. The summed E-state index contributed by atoms with van der Waals surface area (Å²) in [5.74, 6) is -2.34. The van der Waals surface area contributed by atoms with Crippen LogP contribution in [0.15, 0.2) is 12.7 Å². The van der Waals surface area contributed by atoms with Gasteiger partial charge in [-0.05, 0) is 27.2 Å². The van der Waals surface area contributed by atoms with Gasteiger partial charge in [-0.2, -0.15) is 0 Å². The van der Waals surface area contributed by atoms with E-state index in [1.54, 1.807) is 20.8 Å². The highest BCUT2D eigenvalue weighted by Gasteiger charge is 2.25. The largest absolute Gasteiger partial charge is 0.460 e. The highest BCUT2D eigenvalue weighted by atomic mass is 16.6. The summed E-state index contributed by atoms with van der Waals surface area (Å²) < 4.78 is 9.62. The molecule has 6 nitrogen and oxygen atoms in total. The van der Waals surface area contributed by atoms with Gasteiger partial charge in [0.05, 0.1) is 6.04 Å². The van der Waals surface area contributed by atoms with Crippen LogP contribution in [0.3, 0.4) is 0 Å². The van der Waals surface area contributed by atoms with Gasteiger partial charge in [0.15, 0.2) is 0 Å². The number of esters is 2. The molecule has 0 aromatic carbocycles. The smallest absolute Gasteiger partial charge is 0.376 e. The third kappa shape index (κ3) is 8.10. The standard InChI is InChI=1S/C13H21NO5/c1-5-8-18-12(17)11(16)9(14)6-7-10(15)19-13(2,3)4/h5,9H,1,6-8,14H2,2-4H3/t9-/m0/s1. The first-order chi connectivity index (χ1) is 8.67. The molecule has 1 atom stereocenters. The van der Waals surface area contributed by atoms with Crippen LogP contribution in [0.5, 0.6) is 0 Å². The number of ether oxygens (including phenoxy) is 2. The van der Waals surface area contributed by atoms with Gasteiger partial charge in [0.1, 0.15) is 12.2 Å². The van der Waals surface area contributed by atoms with E-state index in [1.165, 1.54) is 6.08 Å². The number of hydrogen-bond acceptors (Lipinski definition) is 6. The summed E-state index contributed by atoms with van der Waals surface area (Å²) in [7, 11) is 0. The lowest BCUT2D eigenvalue weighted by atomic mass is 10.1. The van der Waals surface area contributed by atoms with Gasteiger partial charge in [-0.3, -0.25) is 9.59 Å². The second-order valence-corrected chi connectivity index (χ2v) is 4.98. The van der Waals surface area contributed by atoms with E-state index in [4.69, 9.17) is 10.5 Å². The third-order valence-corrected chi connectivity index (χ3v) is 1.95. The topological polar surface area (TPSA) is 95.7 Å². The van der Waals surface area contributed by atoms with Gasteiger partial charge in [0.25, 0.3) is 5.78 Å². The summed E-state index contributed by atoms with van der Waals surface area (Å²) in [6.07, 6.45) is 1.35. The van der Waals surface area contributed by atoms with Crippen LogP contribution in [-0.2, 0) is 23.9 Å². The Hall–Kier alpha value is -1.69. The molecule has 0 aliphatic rings. The number of ketones is 1. The molecule has 0 aromatic rings. The molecular formula is C13H21NO5. The van der Waals surface area contributed by atoms with Crippen molar-refractivity contribution in [2.45, 2.75) is 45.3 Å². The summed E-state index contributed by atoms with van der Waals surface area (Å²) in [4.78, 5) is 34.1. The van der Waals surface area contributed by atoms with E-state index < -0.39 is 29.4 Å². The van der Waals surface area contributed by atoms with E-state index >= 15 is 0 Å². The van der Waals surface area contributed by atoms with Crippen LogP contribution >= 0.6 is 0 Å². The Balaban J connectivity index is 4.13. The Morgan fingerprint density at radius 1 is 1.32 bits per heavy atom. The molecule has 0 aromatic heterocycles. The average molecular weight is 271 g/mol. The second-order valence-electron chi connectivity index (χ2n) is 4.98. The molecule has 0 aliphatic heterocycles. The SMILES string of the molecule is C=CCOC(=O)C(=O)[C@@H](N)CCC(=O)OC(C)(C)C. The minimum atomic E-state index is -1.06. The molecule has 0 spiro atoms. The number of hydrogen-bond donors (Lipinski definition) is 1. The fourth-order valence-electron chi connectivity index (χ4n) is 1.15. The maximum absolute atomic E-state index is 11.5. The fraction of sp³-hybridized carbons (Fsp3) is 0.615. The summed E-state index contributed by atoms with van der Waals surface area (Å²) in [6, 6.07) is -1.06. The molecule has 19 heavy (non-hydrogen) atoms. The van der Waals surface area contributed by atoms with E-state index in [0.29, 0.717) is 0 Å². The van der Waals surface area contributed by atoms with Crippen LogP contribution in [0.25, 0.3) is 0 Å². The van der Waals surface area contributed by atoms with Gasteiger partial charge >= 0.3 is 11.9 Å². The molecule has 2 N–H and O–H groups in total. The Kier molecular flexibility index (Phi) is 7.00. The van der Waals surface area contributed by atoms with E-state index in [-0.39, 0.29) is 19.4 Å². The molecule has 0 saturated heterocycles. The van der Waals surface area contributed by atoms with Gasteiger partial charge < -0.3 is 15.2 Å². The van der Waals surface area contributed by atoms with Gasteiger partial charge in [-0.15, -0.1) is 0 Å². The molecule has 0 amide bonds. The minimum Gasteiger partial charge on any atom is -0.460 e. The van der Waals surface area contributed by atoms with E-state index in [0.717, 1.165) is 0 Å². The van der Waals surface area contributed by atoms with Crippen LogP contribution in [0.2, 0.25) is 0 Å². The molecule has 108 valence electrons. The summed E-state index contributed by atoms with van der Waals surface area (Å²) in [6.45, 7) is 8.51. The highest BCUT2D eigenvalue weighted by Crippen LogP contribution is 2.10. The van der Waals surface area contributed by atoms with Crippen molar-refractivity contribution in [3.05, 3.63) is 12.7 Å². The Morgan fingerprint density at radius 3 is 2.37 bits per heavy atom. The Morgan fingerprint density at radius 2 is 1.89 bits per heavy atom. The van der Waals surface area contributed by atoms with Gasteiger partial charge in [0.2, 0.25) is 0 Å². The quantitative estimate of drug-likeness (QED) is 0.416. The third-order valence-electron chi connectivity index (χ3n) is 1.95. The maximum Gasteiger partial charge on any atom is 0.376 e. The number of nitrogens with two attached hydrogens (primary N) is 1. The molecule has 0 aliphatic carbocycles.